The van der Waals surface area contributed by atoms with Gasteiger partial charge in [-0.05, 0) is 55.3 Å². The third kappa shape index (κ3) is 3.85. The molecule has 1 aliphatic rings. The van der Waals surface area contributed by atoms with Crippen molar-refractivity contribution in [1.29, 1.82) is 0 Å². The summed E-state index contributed by atoms with van der Waals surface area (Å²) in [5.41, 5.74) is 1.67. The molecule has 0 bridgehead atoms. The van der Waals surface area contributed by atoms with E-state index in [2.05, 4.69) is 5.32 Å². The number of hydrogen-bond acceptors (Lipinski definition) is 4. The third-order valence-electron chi connectivity index (χ3n) is 4.41. The number of nitrogens with one attached hydrogen (secondary N) is 1. The predicted octanol–water partition coefficient (Wildman–Crippen LogP) is 3.70. The van der Waals surface area contributed by atoms with Crippen LogP contribution in [-0.4, -0.2) is 36.4 Å². The average Bonchev–Trinajstić information content (AvgIpc) is 3.16. The molecule has 1 N–H and O–H groups in total. The highest BCUT2D eigenvalue weighted by molar-refractivity contribution is 7.12. The molecule has 132 valence electrons. The summed E-state index contributed by atoms with van der Waals surface area (Å²) in [6.45, 7) is 2.57. The largest absolute Gasteiger partial charge is 0.495 e. The Kier molecular flexibility index (Phi) is 5.38. The number of anilines is 1. The van der Waals surface area contributed by atoms with Crippen LogP contribution in [0.3, 0.4) is 0 Å². The minimum atomic E-state index is -0.450. The molecule has 1 atom stereocenters. The monoisotopic (exact) mass is 358 g/mol. The summed E-state index contributed by atoms with van der Waals surface area (Å²) in [6.07, 6.45) is 2.54. The van der Waals surface area contributed by atoms with Crippen LogP contribution in [0.2, 0.25) is 0 Å². The molecule has 2 amide bonds. The topological polar surface area (TPSA) is 58.6 Å². The number of aryl methyl sites for hydroxylation is 1. The second-order valence-corrected chi connectivity index (χ2v) is 7.13. The van der Waals surface area contributed by atoms with Crippen LogP contribution in [0.4, 0.5) is 5.69 Å². The highest BCUT2D eigenvalue weighted by Gasteiger charge is 2.33. The Balaban J connectivity index is 1.79. The van der Waals surface area contributed by atoms with Crippen molar-refractivity contribution in [3.05, 3.63) is 46.2 Å². The first-order chi connectivity index (χ1) is 12.1. The van der Waals surface area contributed by atoms with Crippen molar-refractivity contribution in [3.63, 3.8) is 0 Å². The molecule has 1 unspecified atom stereocenters. The van der Waals surface area contributed by atoms with Crippen molar-refractivity contribution >= 4 is 28.8 Å². The summed E-state index contributed by atoms with van der Waals surface area (Å²) < 4.78 is 5.33. The number of ether oxygens (including phenoxy) is 1. The van der Waals surface area contributed by atoms with Crippen LogP contribution in [0.15, 0.2) is 35.7 Å². The Labute approximate surface area is 151 Å². The highest BCUT2D eigenvalue weighted by Crippen LogP contribution is 2.27. The lowest BCUT2D eigenvalue weighted by Crippen LogP contribution is -2.49. The zero-order valence-electron chi connectivity index (χ0n) is 14.5. The van der Waals surface area contributed by atoms with Crippen molar-refractivity contribution in [2.24, 2.45) is 0 Å². The van der Waals surface area contributed by atoms with E-state index in [0.29, 0.717) is 29.3 Å². The minimum Gasteiger partial charge on any atom is -0.495 e. The standard InChI is InChI=1S/C19H22N2O3S/c1-13-8-9-16(24-2)14(12-13)20-18(22)15-6-3-4-10-21(15)19(23)17-7-5-11-25-17/h5,7-9,11-12,15H,3-4,6,10H2,1-2H3,(H,20,22). The van der Waals surface area contributed by atoms with Crippen molar-refractivity contribution in [1.82, 2.24) is 4.90 Å². The number of nitrogens with zero attached hydrogens (tertiary/aromatic N) is 1. The van der Waals surface area contributed by atoms with Gasteiger partial charge in [-0.2, -0.15) is 0 Å². The molecular formula is C19H22N2O3S. The molecule has 0 saturated carbocycles. The van der Waals surface area contributed by atoms with E-state index in [4.69, 9.17) is 4.74 Å². The van der Waals surface area contributed by atoms with Gasteiger partial charge in [0.15, 0.2) is 0 Å². The van der Waals surface area contributed by atoms with Gasteiger partial charge in [-0.1, -0.05) is 12.1 Å². The Morgan fingerprint density at radius 1 is 1.28 bits per heavy atom. The third-order valence-corrected chi connectivity index (χ3v) is 5.27. The summed E-state index contributed by atoms with van der Waals surface area (Å²) >= 11 is 1.41. The van der Waals surface area contributed by atoms with Crippen molar-refractivity contribution in [2.45, 2.75) is 32.2 Å². The van der Waals surface area contributed by atoms with Gasteiger partial charge in [-0.25, -0.2) is 0 Å². The Hall–Kier alpha value is -2.34. The molecule has 0 aliphatic carbocycles. The summed E-state index contributed by atoms with van der Waals surface area (Å²) in [4.78, 5) is 28.0. The number of rotatable bonds is 4. The van der Waals surface area contributed by atoms with Crippen molar-refractivity contribution in [3.8, 4) is 5.75 Å². The van der Waals surface area contributed by atoms with Gasteiger partial charge >= 0.3 is 0 Å². The molecule has 0 radical (unpaired) electrons. The molecule has 3 rings (SSSR count). The van der Waals surface area contributed by atoms with Gasteiger partial charge in [0.2, 0.25) is 5.91 Å². The summed E-state index contributed by atoms with van der Waals surface area (Å²) in [7, 11) is 1.58. The van der Waals surface area contributed by atoms with Crippen molar-refractivity contribution in [2.75, 3.05) is 19.0 Å². The first-order valence-electron chi connectivity index (χ1n) is 8.40. The van der Waals surface area contributed by atoms with E-state index in [9.17, 15) is 9.59 Å². The van der Waals surface area contributed by atoms with E-state index in [-0.39, 0.29) is 11.8 Å². The number of hydrogen-bond donors (Lipinski definition) is 1. The van der Waals surface area contributed by atoms with Gasteiger partial charge in [0.25, 0.3) is 5.91 Å². The summed E-state index contributed by atoms with van der Waals surface area (Å²) in [5, 5.41) is 4.83. The molecule has 2 aromatic rings. The summed E-state index contributed by atoms with van der Waals surface area (Å²) in [6, 6.07) is 8.86. The smallest absolute Gasteiger partial charge is 0.264 e. The predicted molar refractivity (Wildman–Crippen MR) is 99.4 cm³/mol. The van der Waals surface area contributed by atoms with Crippen LogP contribution in [-0.2, 0) is 4.79 Å². The number of likely N-dealkylation sites (tertiary alicyclic amines) is 1. The molecule has 6 heteroatoms. The van der Waals surface area contributed by atoms with Crippen molar-refractivity contribution < 1.29 is 14.3 Å². The van der Waals surface area contributed by atoms with E-state index in [0.717, 1.165) is 18.4 Å². The van der Waals surface area contributed by atoms with Gasteiger partial charge in [0, 0.05) is 6.54 Å². The molecule has 1 saturated heterocycles. The minimum absolute atomic E-state index is 0.0638. The maximum absolute atomic E-state index is 12.9. The fourth-order valence-electron chi connectivity index (χ4n) is 3.12. The maximum atomic E-state index is 12.9. The quantitative estimate of drug-likeness (QED) is 0.907. The van der Waals surface area contributed by atoms with Crippen LogP contribution in [0.25, 0.3) is 0 Å². The number of thiophene rings is 1. The van der Waals surface area contributed by atoms with Gasteiger partial charge in [-0.3, -0.25) is 9.59 Å². The molecule has 1 aromatic carbocycles. The van der Waals surface area contributed by atoms with E-state index in [1.807, 2.05) is 36.6 Å². The lowest BCUT2D eigenvalue weighted by molar-refractivity contribution is -0.121. The molecule has 5 nitrogen and oxygen atoms in total. The number of methoxy groups -OCH3 is 1. The van der Waals surface area contributed by atoms with Crippen LogP contribution in [0.5, 0.6) is 5.75 Å². The Morgan fingerprint density at radius 2 is 2.12 bits per heavy atom. The van der Waals surface area contributed by atoms with Gasteiger partial charge < -0.3 is 15.0 Å². The highest BCUT2D eigenvalue weighted by atomic mass is 32.1. The second kappa shape index (κ2) is 7.70. The van der Waals surface area contributed by atoms with Crippen LogP contribution in [0, 0.1) is 6.92 Å². The number of benzene rings is 1. The number of amides is 2. The number of piperidine rings is 1. The molecule has 2 heterocycles. The molecule has 1 aliphatic heterocycles. The number of carbonyl (C=O) groups excluding carboxylic acids is 2. The summed E-state index contributed by atoms with van der Waals surface area (Å²) in [5.74, 6) is 0.394. The lowest BCUT2D eigenvalue weighted by Gasteiger charge is -2.34. The zero-order chi connectivity index (χ0) is 17.8. The van der Waals surface area contributed by atoms with Crippen LogP contribution >= 0.6 is 11.3 Å². The normalized spacial score (nSPS) is 17.2. The van der Waals surface area contributed by atoms with E-state index in [1.165, 1.54) is 11.3 Å². The molecule has 1 fully saturated rings. The second-order valence-electron chi connectivity index (χ2n) is 6.18. The lowest BCUT2D eigenvalue weighted by atomic mass is 10.0. The fourth-order valence-corrected chi connectivity index (χ4v) is 3.80. The van der Waals surface area contributed by atoms with Crippen LogP contribution < -0.4 is 10.1 Å². The van der Waals surface area contributed by atoms with Gasteiger partial charge in [0.05, 0.1) is 17.7 Å². The van der Waals surface area contributed by atoms with E-state index >= 15 is 0 Å². The van der Waals surface area contributed by atoms with E-state index in [1.54, 1.807) is 18.1 Å². The SMILES string of the molecule is COc1ccc(C)cc1NC(=O)C1CCCCN1C(=O)c1cccs1. The average molecular weight is 358 g/mol. The first kappa shape index (κ1) is 17.5. The number of carbonyl (C=O) groups is 2. The van der Waals surface area contributed by atoms with Gasteiger partial charge in [0.1, 0.15) is 11.8 Å². The van der Waals surface area contributed by atoms with Crippen LogP contribution in [0.1, 0.15) is 34.5 Å². The Bertz CT molecular complexity index is 758. The molecule has 1 aromatic heterocycles. The first-order valence-corrected chi connectivity index (χ1v) is 9.28. The van der Waals surface area contributed by atoms with E-state index < -0.39 is 6.04 Å². The van der Waals surface area contributed by atoms with Gasteiger partial charge in [-0.15, -0.1) is 11.3 Å². The zero-order valence-corrected chi connectivity index (χ0v) is 15.3. The molecular weight excluding hydrogens is 336 g/mol. The molecule has 25 heavy (non-hydrogen) atoms. The maximum Gasteiger partial charge on any atom is 0.264 e. The molecule has 0 spiro atoms. The fraction of sp³-hybridized carbons (Fsp3) is 0.368. The Morgan fingerprint density at radius 3 is 2.84 bits per heavy atom.